The summed E-state index contributed by atoms with van der Waals surface area (Å²) in [5.74, 6) is 1.72. The van der Waals surface area contributed by atoms with Crippen molar-refractivity contribution in [2.24, 2.45) is 0 Å². The van der Waals surface area contributed by atoms with Crippen molar-refractivity contribution in [1.82, 2.24) is 9.97 Å². The van der Waals surface area contributed by atoms with Gasteiger partial charge in [-0.2, -0.15) is 0 Å². The molecule has 0 saturated carbocycles. The van der Waals surface area contributed by atoms with E-state index in [1.165, 1.54) is 0 Å². The lowest BCUT2D eigenvalue weighted by Gasteiger charge is -2.17. The third-order valence-corrected chi connectivity index (χ3v) is 4.18. The first-order valence-corrected chi connectivity index (χ1v) is 7.41. The van der Waals surface area contributed by atoms with Crippen LogP contribution in [0.15, 0.2) is 9.27 Å². The maximum Gasteiger partial charge on any atom is 0.265 e. The molecule has 0 amide bonds. The highest BCUT2D eigenvalue weighted by molar-refractivity contribution is 9.10. The molecule has 1 aromatic rings. The number of hydrogen-bond acceptors (Lipinski definition) is 3. The highest BCUT2D eigenvalue weighted by Crippen LogP contribution is 2.26. The number of aromatic nitrogens is 2. The van der Waals surface area contributed by atoms with Crippen LogP contribution in [-0.2, 0) is 5.75 Å². The molecular formula is C12H19BrN2OS. The van der Waals surface area contributed by atoms with E-state index in [-0.39, 0.29) is 16.2 Å². The Morgan fingerprint density at radius 1 is 1.41 bits per heavy atom. The normalized spacial score (nSPS) is 12.2. The average Bonchev–Trinajstić information content (AvgIpc) is 2.18. The number of H-pyrrole nitrogens is 1. The van der Waals surface area contributed by atoms with E-state index in [1.54, 1.807) is 11.8 Å². The molecule has 0 atom stereocenters. The zero-order chi connectivity index (χ0) is 13.2. The Bertz CT molecular complexity index is 449. The molecule has 0 aliphatic rings. The Labute approximate surface area is 115 Å². The number of hydrogen-bond donors (Lipinski definition) is 1. The molecule has 0 radical (unpaired) electrons. The fraction of sp³-hybridized carbons (Fsp3) is 0.667. The van der Waals surface area contributed by atoms with Gasteiger partial charge in [-0.1, -0.05) is 34.6 Å². The summed E-state index contributed by atoms with van der Waals surface area (Å²) in [6.07, 6.45) is 0. The second kappa shape index (κ2) is 5.57. The van der Waals surface area contributed by atoms with Gasteiger partial charge in [0.1, 0.15) is 10.3 Å². The minimum atomic E-state index is -0.0896. The lowest BCUT2D eigenvalue weighted by Crippen LogP contribution is -2.17. The first-order valence-electron chi connectivity index (χ1n) is 5.63. The van der Waals surface area contributed by atoms with Crippen LogP contribution in [0, 0.1) is 0 Å². The molecule has 0 aromatic carbocycles. The maximum atomic E-state index is 11.7. The highest BCUT2D eigenvalue weighted by atomic mass is 79.9. The molecule has 96 valence electrons. The topological polar surface area (TPSA) is 45.8 Å². The summed E-state index contributed by atoms with van der Waals surface area (Å²) in [4.78, 5) is 19.1. The standard InChI is InChI=1S/C12H19BrN2OS/c1-7(2)10-9(13)11(16)15-8(14-10)6-17-12(3,4)5/h7H,6H2,1-5H3,(H,14,15,16). The van der Waals surface area contributed by atoms with Crippen LogP contribution in [0.25, 0.3) is 0 Å². The van der Waals surface area contributed by atoms with Gasteiger partial charge in [0.15, 0.2) is 0 Å². The Morgan fingerprint density at radius 3 is 2.47 bits per heavy atom. The van der Waals surface area contributed by atoms with Crippen molar-refractivity contribution in [2.45, 2.75) is 51.0 Å². The highest BCUT2D eigenvalue weighted by Gasteiger charge is 2.15. The maximum absolute atomic E-state index is 11.7. The Kier molecular flexibility index (Phi) is 4.84. The van der Waals surface area contributed by atoms with Gasteiger partial charge in [0, 0.05) is 4.75 Å². The van der Waals surface area contributed by atoms with Crippen molar-refractivity contribution in [3.05, 3.63) is 26.3 Å². The van der Waals surface area contributed by atoms with Gasteiger partial charge in [-0.3, -0.25) is 4.79 Å². The second-order valence-corrected chi connectivity index (χ2v) is 7.86. The van der Waals surface area contributed by atoms with Crippen LogP contribution in [-0.4, -0.2) is 14.7 Å². The minimum absolute atomic E-state index is 0.0896. The summed E-state index contributed by atoms with van der Waals surface area (Å²) in [6.45, 7) is 10.5. The van der Waals surface area contributed by atoms with Crippen molar-refractivity contribution in [3.8, 4) is 0 Å². The summed E-state index contributed by atoms with van der Waals surface area (Å²) in [5.41, 5.74) is 0.742. The number of thioether (sulfide) groups is 1. The zero-order valence-electron chi connectivity index (χ0n) is 10.9. The molecular weight excluding hydrogens is 300 g/mol. The quantitative estimate of drug-likeness (QED) is 0.924. The largest absolute Gasteiger partial charge is 0.309 e. The van der Waals surface area contributed by atoms with E-state index in [9.17, 15) is 4.79 Å². The molecule has 0 fully saturated rings. The van der Waals surface area contributed by atoms with Crippen molar-refractivity contribution in [1.29, 1.82) is 0 Å². The third kappa shape index (κ3) is 4.47. The molecule has 1 heterocycles. The number of aromatic amines is 1. The average molecular weight is 319 g/mol. The monoisotopic (exact) mass is 318 g/mol. The fourth-order valence-electron chi connectivity index (χ4n) is 1.26. The summed E-state index contributed by atoms with van der Waals surface area (Å²) >= 11 is 5.07. The molecule has 0 aliphatic carbocycles. The number of nitrogens with zero attached hydrogens (tertiary/aromatic N) is 1. The van der Waals surface area contributed by atoms with Crippen LogP contribution in [0.5, 0.6) is 0 Å². The van der Waals surface area contributed by atoms with Gasteiger partial charge >= 0.3 is 0 Å². The van der Waals surface area contributed by atoms with Gasteiger partial charge in [0.25, 0.3) is 5.56 Å². The third-order valence-electron chi connectivity index (χ3n) is 2.13. The predicted octanol–water partition coefficient (Wildman–Crippen LogP) is 3.69. The first-order chi connectivity index (χ1) is 7.70. The summed E-state index contributed by atoms with van der Waals surface area (Å²) in [7, 11) is 0. The van der Waals surface area contributed by atoms with Crippen LogP contribution in [0.1, 0.15) is 52.1 Å². The van der Waals surface area contributed by atoms with Crippen molar-refractivity contribution < 1.29 is 0 Å². The number of halogens is 1. The van der Waals surface area contributed by atoms with Crippen LogP contribution in [0.4, 0.5) is 0 Å². The molecule has 0 spiro atoms. The molecule has 0 saturated heterocycles. The predicted molar refractivity (Wildman–Crippen MR) is 77.7 cm³/mol. The summed E-state index contributed by atoms with van der Waals surface area (Å²) in [6, 6.07) is 0. The van der Waals surface area contributed by atoms with Gasteiger partial charge in [0.05, 0.1) is 11.4 Å². The fourth-order valence-corrected chi connectivity index (χ4v) is 2.61. The lowest BCUT2D eigenvalue weighted by atomic mass is 10.1. The molecule has 17 heavy (non-hydrogen) atoms. The Hall–Kier alpha value is -0.290. The molecule has 1 N–H and O–H groups in total. The van der Waals surface area contributed by atoms with E-state index in [4.69, 9.17) is 0 Å². The molecule has 0 aliphatic heterocycles. The van der Waals surface area contributed by atoms with E-state index in [2.05, 4.69) is 46.7 Å². The molecule has 0 bridgehead atoms. The van der Waals surface area contributed by atoms with E-state index >= 15 is 0 Å². The Balaban J connectivity index is 2.99. The van der Waals surface area contributed by atoms with Gasteiger partial charge in [-0.05, 0) is 21.8 Å². The van der Waals surface area contributed by atoms with Gasteiger partial charge in [-0.25, -0.2) is 4.98 Å². The van der Waals surface area contributed by atoms with E-state index in [0.717, 1.165) is 17.3 Å². The molecule has 0 unspecified atom stereocenters. The van der Waals surface area contributed by atoms with Crippen LogP contribution >= 0.6 is 27.7 Å². The summed E-state index contributed by atoms with van der Waals surface area (Å²) < 4.78 is 0.723. The molecule has 1 aromatic heterocycles. The van der Waals surface area contributed by atoms with Crippen LogP contribution in [0.2, 0.25) is 0 Å². The molecule has 5 heteroatoms. The second-order valence-electron chi connectivity index (χ2n) is 5.27. The zero-order valence-corrected chi connectivity index (χ0v) is 13.3. The Morgan fingerprint density at radius 2 is 2.00 bits per heavy atom. The van der Waals surface area contributed by atoms with Crippen molar-refractivity contribution in [3.63, 3.8) is 0 Å². The van der Waals surface area contributed by atoms with Gasteiger partial charge in [0.2, 0.25) is 0 Å². The van der Waals surface area contributed by atoms with Crippen molar-refractivity contribution >= 4 is 27.7 Å². The summed E-state index contributed by atoms with van der Waals surface area (Å²) in [5, 5.41) is 0. The van der Waals surface area contributed by atoms with Crippen LogP contribution < -0.4 is 5.56 Å². The van der Waals surface area contributed by atoms with Crippen molar-refractivity contribution in [2.75, 3.05) is 0 Å². The SMILES string of the molecule is CC(C)c1nc(CSC(C)(C)C)[nH]c(=O)c1Br. The number of nitrogens with one attached hydrogen (secondary N) is 1. The van der Waals surface area contributed by atoms with Crippen LogP contribution in [0.3, 0.4) is 0 Å². The smallest absolute Gasteiger partial charge is 0.265 e. The van der Waals surface area contributed by atoms with E-state index < -0.39 is 0 Å². The van der Waals surface area contributed by atoms with E-state index in [0.29, 0.717) is 4.47 Å². The first kappa shape index (κ1) is 14.8. The molecule has 3 nitrogen and oxygen atoms in total. The van der Waals surface area contributed by atoms with Gasteiger partial charge < -0.3 is 4.98 Å². The molecule has 1 rings (SSSR count). The number of rotatable bonds is 3. The minimum Gasteiger partial charge on any atom is -0.309 e. The van der Waals surface area contributed by atoms with Gasteiger partial charge in [-0.15, -0.1) is 11.8 Å². The van der Waals surface area contributed by atoms with E-state index in [1.807, 2.05) is 13.8 Å². The lowest BCUT2D eigenvalue weighted by molar-refractivity contribution is 0.776.